The van der Waals surface area contributed by atoms with E-state index in [0.717, 1.165) is 5.56 Å². The van der Waals surface area contributed by atoms with E-state index in [1.807, 2.05) is 37.3 Å². The van der Waals surface area contributed by atoms with Gasteiger partial charge in [0.15, 0.2) is 12.2 Å². The van der Waals surface area contributed by atoms with Crippen molar-refractivity contribution in [2.75, 3.05) is 12.4 Å². The summed E-state index contributed by atoms with van der Waals surface area (Å²) in [4.78, 5) is 25.8. The van der Waals surface area contributed by atoms with Crippen LogP contribution < -0.4 is 0 Å². The maximum atomic E-state index is 12.9. The molecular weight excluding hydrogens is 492 g/mol. The number of ether oxygens (including phenoxy) is 4. The van der Waals surface area contributed by atoms with E-state index in [1.54, 1.807) is 60.7 Å². The molecule has 0 aliphatic carbocycles. The molecule has 37 heavy (non-hydrogen) atoms. The molecule has 1 fully saturated rings. The molecular formula is C29H30O7S. The number of rotatable bonds is 10. The van der Waals surface area contributed by atoms with Crippen molar-refractivity contribution in [3.63, 3.8) is 0 Å². The molecule has 3 aromatic rings. The second-order valence-electron chi connectivity index (χ2n) is 8.46. The minimum absolute atomic E-state index is 0.0683. The molecule has 0 spiro atoms. The lowest BCUT2D eigenvalue weighted by Crippen LogP contribution is -2.60. The van der Waals surface area contributed by atoms with Crippen molar-refractivity contribution in [1.82, 2.24) is 0 Å². The molecule has 0 amide bonds. The Morgan fingerprint density at radius 1 is 0.811 bits per heavy atom. The van der Waals surface area contributed by atoms with Crippen LogP contribution in [0.1, 0.15) is 33.2 Å². The van der Waals surface area contributed by atoms with Crippen LogP contribution in [0.5, 0.6) is 0 Å². The van der Waals surface area contributed by atoms with Crippen molar-refractivity contribution in [1.29, 1.82) is 0 Å². The van der Waals surface area contributed by atoms with E-state index in [1.165, 1.54) is 11.8 Å². The van der Waals surface area contributed by atoms with Crippen LogP contribution in [0.3, 0.4) is 0 Å². The topological polar surface area (TPSA) is 91.3 Å². The van der Waals surface area contributed by atoms with E-state index in [0.29, 0.717) is 23.5 Å². The fraction of sp³-hybridized carbons (Fsp3) is 0.310. The maximum Gasteiger partial charge on any atom is 0.338 e. The average molecular weight is 523 g/mol. The molecule has 1 N–H and O–H groups in total. The van der Waals surface area contributed by atoms with Crippen LogP contribution in [-0.4, -0.2) is 59.3 Å². The van der Waals surface area contributed by atoms with Gasteiger partial charge in [-0.3, -0.25) is 0 Å². The van der Waals surface area contributed by atoms with Gasteiger partial charge < -0.3 is 24.1 Å². The Hall–Kier alpha value is -3.17. The van der Waals surface area contributed by atoms with Crippen molar-refractivity contribution < 1.29 is 33.6 Å². The minimum Gasteiger partial charge on any atom is -0.453 e. The smallest absolute Gasteiger partial charge is 0.338 e. The summed E-state index contributed by atoms with van der Waals surface area (Å²) in [6.45, 7) is 2.34. The van der Waals surface area contributed by atoms with Crippen LogP contribution in [0, 0.1) is 0 Å². The summed E-state index contributed by atoms with van der Waals surface area (Å²) in [7, 11) is 0. The number of benzene rings is 3. The Morgan fingerprint density at radius 2 is 1.32 bits per heavy atom. The van der Waals surface area contributed by atoms with Gasteiger partial charge in [-0.25, -0.2) is 9.59 Å². The third-order valence-electron chi connectivity index (χ3n) is 5.85. The summed E-state index contributed by atoms with van der Waals surface area (Å²) in [6, 6.07) is 26.7. The molecule has 0 saturated carbocycles. The molecule has 8 heteroatoms. The van der Waals surface area contributed by atoms with Gasteiger partial charge in [0.25, 0.3) is 0 Å². The zero-order valence-corrected chi connectivity index (χ0v) is 21.3. The number of aliphatic hydroxyl groups is 1. The average Bonchev–Trinajstić information content (AvgIpc) is 2.94. The van der Waals surface area contributed by atoms with Gasteiger partial charge in [-0.1, -0.05) is 73.7 Å². The van der Waals surface area contributed by atoms with Gasteiger partial charge >= 0.3 is 11.9 Å². The predicted octanol–water partition coefficient (Wildman–Crippen LogP) is 4.49. The fourth-order valence-corrected chi connectivity index (χ4v) is 4.95. The number of aliphatic hydroxyl groups excluding tert-OH is 1. The Balaban J connectivity index is 1.54. The molecule has 3 aromatic carbocycles. The summed E-state index contributed by atoms with van der Waals surface area (Å²) < 4.78 is 23.6. The normalized spacial score (nSPS) is 23.2. The molecule has 7 nitrogen and oxygen atoms in total. The second-order valence-corrected chi connectivity index (χ2v) is 9.84. The van der Waals surface area contributed by atoms with E-state index in [2.05, 4.69) is 0 Å². The lowest BCUT2D eigenvalue weighted by atomic mass is 9.99. The van der Waals surface area contributed by atoms with E-state index in [-0.39, 0.29) is 6.61 Å². The first-order valence-corrected chi connectivity index (χ1v) is 13.2. The number of carbonyl (C=O) groups excluding carboxylic acids is 2. The standard InChI is InChI=1S/C29H30O7S/c1-2-37-29-26(36-28(32)22-16-10-5-11-17-22)24(30)25(35-27(31)21-14-8-4-9-15-21)23(34-29)19-33-18-20-12-6-3-7-13-20/h3-17,23-26,29-30H,2,18-19H2,1H3/t23-,24+,25+,26-,29+/m1/s1. The highest BCUT2D eigenvalue weighted by Crippen LogP contribution is 2.33. The predicted molar refractivity (Wildman–Crippen MR) is 140 cm³/mol. The molecule has 1 aliphatic rings. The van der Waals surface area contributed by atoms with Crippen molar-refractivity contribution >= 4 is 23.7 Å². The highest BCUT2D eigenvalue weighted by Gasteiger charge is 2.49. The second kappa shape index (κ2) is 13.4. The van der Waals surface area contributed by atoms with E-state index >= 15 is 0 Å². The number of carbonyl (C=O) groups is 2. The molecule has 0 bridgehead atoms. The zero-order valence-electron chi connectivity index (χ0n) is 20.5. The highest BCUT2D eigenvalue weighted by atomic mass is 32.2. The molecule has 0 unspecified atom stereocenters. The number of thioether (sulfide) groups is 1. The Morgan fingerprint density at radius 3 is 1.86 bits per heavy atom. The fourth-order valence-electron chi connectivity index (χ4n) is 4.00. The van der Waals surface area contributed by atoms with Gasteiger partial charge in [0.2, 0.25) is 0 Å². The monoisotopic (exact) mass is 522 g/mol. The highest BCUT2D eigenvalue weighted by molar-refractivity contribution is 7.99. The molecule has 0 aromatic heterocycles. The van der Waals surface area contributed by atoms with Gasteiger partial charge in [0, 0.05) is 0 Å². The van der Waals surface area contributed by atoms with Crippen LogP contribution in [0.2, 0.25) is 0 Å². The van der Waals surface area contributed by atoms with Gasteiger partial charge in [0.1, 0.15) is 17.6 Å². The number of hydrogen-bond acceptors (Lipinski definition) is 8. The van der Waals surface area contributed by atoms with Crippen molar-refractivity contribution in [3.8, 4) is 0 Å². The SMILES string of the molecule is CCS[C@@H]1O[C@H](COCc2ccccc2)[C@H](OC(=O)c2ccccc2)[C@H](O)[C@H]1OC(=O)c1ccccc1. The molecule has 1 saturated heterocycles. The summed E-state index contributed by atoms with van der Waals surface area (Å²) in [5.74, 6) is -0.555. The summed E-state index contributed by atoms with van der Waals surface area (Å²) in [5, 5.41) is 11.4. The molecule has 4 rings (SSSR count). The Kier molecular flexibility index (Phi) is 9.73. The van der Waals surface area contributed by atoms with Crippen LogP contribution in [-0.2, 0) is 25.6 Å². The lowest BCUT2D eigenvalue weighted by molar-refractivity contribution is -0.211. The summed E-state index contributed by atoms with van der Waals surface area (Å²) in [5.41, 5.74) is 0.984. The minimum atomic E-state index is -1.33. The Labute approximate surface area is 220 Å². The molecule has 5 atom stereocenters. The molecule has 1 aliphatic heterocycles. The van der Waals surface area contributed by atoms with Gasteiger partial charge in [-0.2, -0.15) is 0 Å². The van der Waals surface area contributed by atoms with Gasteiger partial charge in [0.05, 0.1) is 24.3 Å². The lowest BCUT2D eigenvalue weighted by Gasteiger charge is -2.43. The van der Waals surface area contributed by atoms with E-state index < -0.39 is 41.8 Å². The van der Waals surface area contributed by atoms with Crippen LogP contribution >= 0.6 is 11.8 Å². The summed E-state index contributed by atoms with van der Waals surface area (Å²) in [6.07, 6.45) is -4.28. The summed E-state index contributed by atoms with van der Waals surface area (Å²) >= 11 is 1.40. The first-order chi connectivity index (χ1) is 18.1. The number of esters is 2. The van der Waals surface area contributed by atoms with Gasteiger partial charge in [-0.05, 0) is 35.6 Å². The van der Waals surface area contributed by atoms with Gasteiger partial charge in [-0.15, -0.1) is 11.8 Å². The van der Waals surface area contributed by atoms with Crippen molar-refractivity contribution in [2.24, 2.45) is 0 Å². The Bertz CT molecular complexity index is 1130. The van der Waals surface area contributed by atoms with Crippen molar-refractivity contribution in [2.45, 2.75) is 43.4 Å². The van der Waals surface area contributed by atoms with E-state index in [9.17, 15) is 14.7 Å². The maximum absolute atomic E-state index is 12.9. The van der Waals surface area contributed by atoms with Crippen LogP contribution in [0.15, 0.2) is 91.0 Å². The third kappa shape index (κ3) is 7.20. The quantitative estimate of drug-likeness (QED) is 0.390. The van der Waals surface area contributed by atoms with E-state index in [4.69, 9.17) is 18.9 Å². The van der Waals surface area contributed by atoms with Crippen LogP contribution in [0.25, 0.3) is 0 Å². The molecule has 194 valence electrons. The van der Waals surface area contributed by atoms with Crippen LogP contribution in [0.4, 0.5) is 0 Å². The first kappa shape index (κ1) is 26.9. The first-order valence-electron chi connectivity index (χ1n) is 12.2. The van der Waals surface area contributed by atoms with Crippen molar-refractivity contribution in [3.05, 3.63) is 108 Å². The molecule has 0 radical (unpaired) electrons. The largest absolute Gasteiger partial charge is 0.453 e. The zero-order chi connectivity index (χ0) is 26.0. The number of hydrogen-bond donors (Lipinski definition) is 1. The molecule has 1 heterocycles. The third-order valence-corrected chi connectivity index (χ3v) is 6.89.